The molecular weight excluding hydrogens is 170 g/mol. The van der Waals surface area contributed by atoms with Gasteiger partial charge in [0.25, 0.3) is 0 Å². The van der Waals surface area contributed by atoms with Crippen molar-refractivity contribution in [2.45, 2.75) is 19.9 Å². The van der Waals surface area contributed by atoms with E-state index in [0.29, 0.717) is 6.04 Å². The molecule has 0 aromatic heterocycles. The van der Waals surface area contributed by atoms with Crippen LogP contribution in [0.2, 0.25) is 5.02 Å². The largest absolute Gasteiger partial charge is 0.310 e. The third-order valence-electron chi connectivity index (χ3n) is 1.86. The van der Waals surface area contributed by atoms with E-state index in [0.717, 1.165) is 11.6 Å². The molecule has 2 heteroatoms. The first-order chi connectivity index (χ1) is 5.74. The molecule has 0 aliphatic heterocycles. The summed E-state index contributed by atoms with van der Waals surface area (Å²) in [4.78, 5) is 0. The van der Waals surface area contributed by atoms with Gasteiger partial charge in [0.05, 0.1) is 0 Å². The smallest absolute Gasteiger partial charge is 0.0409 e. The number of hydrogen-bond donors (Lipinski definition) is 1. The molecule has 0 aliphatic carbocycles. The maximum Gasteiger partial charge on any atom is 0.0409 e. The minimum absolute atomic E-state index is 0.383. The summed E-state index contributed by atoms with van der Waals surface area (Å²) in [7, 11) is 0. The van der Waals surface area contributed by atoms with Gasteiger partial charge in [-0.3, -0.25) is 0 Å². The lowest BCUT2D eigenvalue weighted by atomic mass is 10.1. The highest BCUT2D eigenvalue weighted by molar-refractivity contribution is 6.30. The molecule has 0 amide bonds. The van der Waals surface area contributed by atoms with Gasteiger partial charge in [0, 0.05) is 11.1 Å². The molecule has 0 fully saturated rings. The maximum atomic E-state index is 5.86. The monoisotopic (exact) mass is 183 g/mol. The van der Waals surface area contributed by atoms with E-state index in [4.69, 9.17) is 11.6 Å². The highest BCUT2D eigenvalue weighted by Crippen LogP contribution is 2.16. The van der Waals surface area contributed by atoms with Crippen LogP contribution in [-0.2, 0) is 0 Å². The molecule has 1 rings (SSSR count). The van der Waals surface area contributed by atoms with Gasteiger partial charge in [0.15, 0.2) is 0 Å². The van der Waals surface area contributed by atoms with Crippen molar-refractivity contribution in [3.8, 4) is 0 Å². The lowest BCUT2D eigenvalue weighted by molar-refractivity contribution is 0.598. The van der Waals surface area contributed by atoms with Crippen molar-refractivity contribution in [3.05, 3.63) is 34.9 Å². The predicted molar refractivity (Wildman–Crippen MR) is 53.5 cm³/mol. The van der Waals surface area contributed by atoms with Crippen molar-refractivity contribution < 1.29 is 0 Å². The van der Waals surface area contributed by atoms with Crippen molar-refractivity contribution in [2.24, 2.45) is 0 Å². The summed E-state index contributed by atoms with van der Waals surface area (Å²) in [6, 6.07) is 8.33. The molecule has 0 saturated carbocycles. The van der Waals surface area contributed by atoms with Gasteiger partial charge in [-0.1, -0.05) is 30.7 Å². The number of rotatable bonds is 3. The van der Waals surface area contributed by atoms with Gasteiger partial charge in [-0.15, -0.1) is 0 Å². The Morgan fingerprint density at radius 3 is 2.83 bits per heavy atom. The third-order valence-corrected chi connectivity index (χ3v) is 2.09. The Hall–Kier alpha value is -0.530. The summed E-state index contributed by atoms with van der Waals surface area (Å²) >= 11 is 5.86. The summed E-state index contributed by atoms with van der Waals surface area (Å²) in [6.45, 7) is 5.21. The first-order valence-corrected chi connectivity index (χ1v) is 4.60. The average molecular weight is 184 g/mol. The number of nitrogens with one attached hydrogen (secondary N) is 1. The van der Waals surface area contributed by atoms with E-state index in [2.05, 4.69) is 25.2 Å². The molecule has 0 bridgehead atoms. The van der Waals surface area contributed by atoms with Crippen molar-refractivity contribution >= 4 is 11.6 Å². The Morgan fingerprint density at radius 2 is 2.25 bits per heavy atom. The van der Waals surface area contributed by atoms with Gasteiger partial charge < -0.3 is 5.32 Å². The van der Waals surface area contributed by atoms with E-state index >= 15 is 0 Å². The highest BCUT2D eigenvalue weighted by atomic mass is 35.5. The average Bonchev–Trinajstić information content (AvgIpc) is 2.05. The quantitative estimate of drug-likeness (QED) is 0.760. The molecular formula is C10H14ClN. The predicted octanol–water partition coefficient (Wildman–Crippen LogP) is 3.01. The van der Waals surface area contributed by atoms with Crippen molar-refractivity contribution in [2.75, 3.05) is 6.54 Å². The molecule has 12 heavy (non-hydrogen) atoms. The van der Waals surface area contributed by atoms with Crippen molar-refractivity contribution in [3.63, 3.8) is 0 Å². The fraction of sp³-hybridized carbons (Fsp3) is 0.400. The van der Waals surface area contributed by atoms with Gasteiger partial charge in [0.1, 0.15) is 0 Å². The molecule has 1 aromatic carbocycles. The van der Waals surface area contributed by atoms with Crippen LogP contribution in [0.25, 0.3) is 0 Å². The van der Waals surface area contributed by atoms with Crippen LogP contribution in [0.4, 0.5) is 0 Å². The molecule has 66 valence electrons. The van der Waals surface area contributed by atoms with Crippen LogP contribution < -0.4 is 5.32 Å². The summed E-state index contributed by atoms with van der Waals surface area (Å²) in [5.41, 5.74) is 1.24. The molecule has 0 unspecified atom stereocenters. The minimum Gasteiger partial charge on any atom is -0.310 e. The number of benzene rings is 1. The molecule has 1 nitrogen and oxygen atoms in total. The van der Waals surface area contributed by atoms with Gasteiger partial charge in [-0.05, 0) is 31.2 Å². The van der Waals surface area contributed by atoms with E-state index in [-0.39, 0.29) is 0 Å². The molecule has 0 saturated heterocycles. The lowest BCUT2D eigenvalue weighted by Crippen LogP contribution is -2.17. The van der Waals surface area contributed by atoms with Crippen LogP contribution in [0.15, 0.2) is 24.3 Å². The standard InChI is InChI=1S/C10H14ClN/c1-3-12-8(2)9-5-4-6-10(11)7-9/h4-8,12H,3H2,1-2H3/t8-/m1/s1. The van der Waals surface area contributed by atoms with E-state index in [1.54, 1.807) is 0 Å². The third kappa shape index (κ3) is 2.50. The summed E-state index contributed by atoms with van der Waals surface area (Å²) < 4.78 is 0. The number of halogens is 1. The molecule has 0 heterocycles. The fourth-order valence-electron chi connectivity index (χ4n) is 1.20. The SMILES string of the molecule is CCN[C@H](C)c1cccc(Cl)c1. The van der Waals surface area contributed by atoms with Crippen LogP contribution >= 0.6 is 11.6 Å². The molecule has 0 aliphatic rings. The Balaban J connectivity index is 2.73. The Bertz CT molecular complexity index is 247. The van der Waals surface area contributed by atoms with Gasteiger partial charge in [0.2, 0.25) is 0 Å². The second-order valence-electron chi connectivity index (χ2n) is 2.83. The van der Waals surface area contributed by atoms with Gasteiger partial charge >= 0.3 is 0 Å². The molecule has 1 aromatic rings. The van der Waals surface area contributed by atoms with Crippen LogP contribution in [0.1, 0.15) is 25.5 Å². The Kier molecular flexibility index (Phi) is 3.57. The minimum atomic E-state index is 0.383. The van der Waals surface area contributed by atoms with Crippen LogP contribution in [0, 0.1) is 0 Å². The Labute approximate surface area is 78.7 Å². The summed E-state index contributed by atoms with van der Waals surface area (Å²) in [5.74, 6) is 0. The summed E-state index contributed by atoms with van der Waals surface area (Å²) in [5, 5.41) is 4.13. The topological polar surface area (TPSA) is 12.0 Å². The fourth-order valence-corrected chi connectivity index (χ4v) is 1.40. The first-order valence-electron chi connectivity index (χ1n) is 4.23. The van der Waals surface area contributed by atoms with Crippen molar-refractivity contribution in [1.29, 1.82) is 0 Å². The van der Waals surface area contributed by atoms with Crippen LogP contribution in [-0.4, -0.2) is 6.54 Å². The molecule has 1 atom stereocenters. The normalized spacial score (nSPS) is 12.9. The number of hydrogen-bond acceptors (Lipinski definition) is 1. The summed E-state index contributed by atoms with van der Waals surface area (Å²) in [6.07, 6.45) is 0. The first kappa shape index (κ1) is 9.56. The molecule has 1 N–H and O–H groups in total. The maximum absolute atomic E-state index is 5.86. The van der Waals surface area contributed by atoms with E-state index in [1.807, 2.05) is 18.2 Å². The lowest BCUT2D eigenvalue weighted by Gasteiger charge is -2.12. The zero-order valence-electron chi connectivity index (χ0n) is 7.47. The van der Waals surface area contributed by atoms with Crippen molar-refractivity contribution in [1.82, 2.24) is 5.32 Å². The van der Waals surface area contributed by atoms with Gasteiger partial charge in [-0.25, -0.2) is 0 Å². The zero-order chi connectivity index (χ0) is 8.97. The van der Waals surface area contributed by atoms with Crippen LogP contribution in [0.3, 0.4) is 0 Å². The molecule has 0 spiro atoms. The highest BCUT2D eigenvalue weighted by Gasteiger charge is 2.02. The van der Waals surface area contributed by atoms with Gasteiger partial charge in [-0.2, -0.15) is 0 Å². The van der Waals surface area contributed by atoms with E-state index in [9.17, 15) is 0 Å². The van der Waals surface area contributed by atoms with Crippen LogP contribution in [0.5, 0.6) is 0 Å². The molecule has 0 radical (unpaired) electrons. The van der Waals surface area contributed by atoms with E-state index in [1.165, 1.54) is 5.56 Å². The Morgan fingerprint density at radius 1 is 1.50 bits per heavy atom. The second kappa shape index (κ2) is 4.48. The van der Waals surface area contributed by atoms with E-state index < -0.39 is 0 Å². The zero-order valence-corrected chi connectivity index (χ0v) is 8.23. The second-order valence-corrected chi connectivity index (χ2v) is 3.27.